The van der Waals surface area contributed by atoms with Crippen LogP contribution in [0.4, 0.5) is 11.4 Å². The van der Waals surface area contributed by atoms with Crippen molar-refractivity contribution in [2.24, 2.45) is 0 Å². The van der Waals surface area contributed by atoms with E-state index >= 15 is 0 Å². The van der Waals surface area contributed by atoms with E-state index in [9.17, 15) is 20.2 Å². The van der Waals surface area contributed by atoms with Gasteiger partial charge in [0.15, 0.2) is 0 Å². The normalized spacial score (nSPS) is 10.8. The number of hydrogen-bond acceptors (Lipinski definition) is 5. The lowest BCUT2D eigenvalue weighted by Crippen LogP contribution is -2.02. The Balaban J connectivity index is 1.55. The van der Waals surface area contributed by atoms with Crippen LogP contribution in [0.5, 0.6) is 0 Å². The highest BCUT2D eigenvalue weighted by Gasteiger charge is 2.19. The molecular weight excluding hydrogens is 491 g/mol. The minimum absolute atomic E-state index is 0.0947. The molecule has 4 rings (SSSR count). The quantitative estimate of drug-likeness (QED) is 0.178. The van der Waals surface area contributed by atoms with Gasteiger partial charge < -0.3 is 4.74 Å². The van der Waals surface area contributed by atoms with Crippen LogP contribution in [-0.4, -0.2) is 9.85 Å². The zero-order valence-electron chi connectivity index (χ0n) is 18.2. The smallest absolute Gasteiger partial charge is 0.275 e. The third-order valence-corrected chi connectivity index (χ3v) is 6.11. The molecule has 35 heavy (non-hydrogen) atoms. The second-order valence-electron chi connectivity index (χ2n) is 7.65. The summed E-state index contributed by atoms with van der Waals surface area (Å²) in [4.78, 5) is 22.4. The van der Waals surface area contributed by atoms with Crippen molar-refractivity contribution in [3.63, 3.8) is 0 Å². The monoisotopic (exact) mass is 508 g/mol. The highest BCUT2D eigenvalue weighted by atomic mass is 35.5. The number of halogens is 2. The predicted molar refractivity (Wildman–Crippen MR) is 136 cm³/mol. The Morgan fingerprint density at radius 1 is 0.629 bits per heavy atom. The van der Waals surface area contributed by atoms with Crippen molar-refractivity contribution >= 4 is 34.6 Å². The van der Waals surface area contributed by atoms with Gasteiger partial charge >= 0.3 is 0 Å². The van der Waals surface area contributed by atoms with Crippen molar-refractivity contribution in [2.75, 3.05) is 0 Å². The second-order valence-corrected chi connectivity index (χ2v) is 8.47. The molecule has 0 saturated heterocycles. The first-order valence-corrected chi connectivity index (χ1v) is 11.2. The molecule has 0 saturated carbocycles. The summed E-state index contributed by atoms with van der Waals surface area (Å²) in [6.07, 6.45) is 0. The van der Waals surface area contributed by atoms with Crippen molar-refractivity contribution in [2.45, 2.75) is 13.2 Å². The lowest BCUT2D eigenvalue weighted by Gasteiger charge is -2.10. The molecule has 0 spiro atoms. The lowest BCUT2D eigenvalue weighted by molar-refractivity contribution is -0.386. The van der Waals surface area contributed by atoms with Crippen LogP contribution in [0.25, 0.3) is 22.3 Å². The molecule has 9 heteroatoms. The summed E-state index contributed by atoms with van der Waals surface area (Å²) in [7, 11) is 0. The zero-order chi connectivity index (χ0) is 24.9. The van der Waals surface area contributed by atoms with Crippen molar-refractivity contribution in [3.8, 4) is 22.3 Å². The molecule has 0 aliphatic heterocycles. The Bertz CT molecular complexity index is 1320. The molecule has 0 bridgehead atoms. The number of ether oxygens (including phenoxy) is 1. The van der Waals surface area contributed by atoms with Gasteiger partial charge in [-0.1, -0.05) is 71.7 Å². The Morgan fingerprint density at radius 2 is 1.03 bits per heavy atom. The first-order chi connectivity index (χ1) is 16.8. The van der Waals surface area contributed by atoms with Gasteiger partial charge in [-0.25, -0.2) is 0 Å². The number of benzene rings is 4. The van der Waals surface area contributed by atoms with Crippen LogP contribution in [0, 0.1) is 20.2 Å². The van der Waals surface area contributed by atoms with E-state index in [1.165, 1.54) is 12.1 Å². The second kappa shape index (κ2) is 10.7. The number of nitro groups is 2. The molecule has 0 aliphatic rings. The van der Waals surface area contributed by atoms with E-state index in [2.05, 4.69) is 0 Å². The van der Waals surface area contributed by atoms with Gasteiger partial charge in [-0.05, 0) is 35.4 Å². The summed E-state index contributed by atoms with van der Waals surface area (Å²) in [5.74, 6) is 0. The molecular formula is C26H18Cl2N2O5. The molecule has 0 radical (unpaired) electrons. The molecule has 176 valence electrons. The van der Waals surface area contributed by atoms with Crippen molar-refractivity contribution in [1.29, 1.82) is 0 Å². The van der Waals surface area contributed by atoms with E-state index in [4.69, 9.17) is 27.9 Å². The standard InChI is InChI=1S/C26H18Cl2N2O5/c27-23-7-3-1-5-21(23)17-9-11-19(25(13-17)29(31)32)15-35-16-20-12-10-18(14-26(20)30(33)34)22-6-2-4-8-24(22)28/h1-14H,15-16H2. The van der Waals surface area contributed by atoms with Gasteiger partial charge in [-0.2, -0.15) is 0 Å². The zero-order valence-corrected chi connectivity index (χ0v) is 19.7. The minimum Gasteiger partial charge on any atom is -0.372 e. The van der Waals surface area contributed by atoms with E-state index in [-0.39, 0.29) is 24.6 Å². The van der Waals surface area contributed by atoms with Gasteiger partial charge in [0.2, 0.25) is 0 Å². The first-order valence-electron chi connectivity index (χ1n) is 10.5. The molecule has 0 N–H and O–H groups in total. The Kier molecular flexibility index (Phi) is 7.41. The molecule has 0 heterocycles. The Hall–Kier alpha value is -3.78. The number of nitro benzene ring substituents is 2. The predicted octanol–water partition coefficient (Wildman–Crippen LogP) is 7.86. The average molecular weight is 509 g/mol. The molecule has 4 aromatic rings. The maximum absolute atomic E-state index is 11.7. The summed E-state index contributed by atoms with van der Waals surface area (Å²) in [6.45, 7) is -0.189. The van der Waals surface area contributed by atoms with Gasteiger partial charge in [0.25, 0.3) is 11.4 Å². The first kappa shape index (κ1) is 24.3. The molecule has 0 unspecified atom stereocenters. The maximum Gasteiger partial charge on any atom is 0.275 e. The molecule has 0 aliphatic carbocycles. The topological polar surface area (TPSA) is 95.5 Å². The number of rotatable bonds is 8. The summed E-state index contributed by atoms with van der Waals surface area (Å²) in [5, 5.41) is 24.3. The SMILES string of the molecule is O=[N+]([O-])c1cc(-c2ccccc2Cl)ccc1COCc1ccc(-c2ccccc2Cl)cc1[N+](=O)[O-]. The highest BCUT2D eigenvalue weighted by Crippen LogP contribution is 2.34. The average Bonchev–Trinajstić information content (AvgIpc) is 2.85. The highest BCUT2D eigenvalue weighted by molar-refractivity contribution is 6.33. The number of nitrogens with zero attached hydrogens (tertiary/aromatic N) is 2. The summed E-state index contributed by atoms with van der Waals surface area (Å²) < 4.78 is 5.67. The van der Waals surface area contributed by atoms with Crippen LogP contribution in [0.2, 0.25) is 10.0 Å². The van der Waals surface area contributed by atoms with Crippen LogP contribution in [0.1, 0.15) is 11.1 Å². The van der Waals surface area contributed by atoms with Gasteiger partial charge in [-0.3, -0.25) is 20.2 Å². The third-order valence-electron chi connectivity index (χ3n) is 5.45. The van der Waals surface area contributed by atoms with Crippen LogP contribution >= 0.6 is 23.2 Å². The Morgan fingerprint density at radius 3 is 1.40 bits per heavy atom. The minimum atomic E-state index is -0.486. The van der Waals surface area contributed by atoms with Gasteiger partial charge in [-0.15, -0.1) is 0 Å². The fourth-order valence-corrected chi connectivity index (χ4v) is 4.20. The van der Waals surface area contributed by atoms with Crippen molar-refractivity contribution in [1.82, 2.24) is 0 Å². The summed E-state index contributed by atoms with van der Waals surface area (Å²) in [6, 6.07) is 23.7. The molecule has 0 atom stereocenters. The van der Waals surface area contributed by atoms with E-state index in [0.29, 0.717) is 43.4 Å². The van der Waals surface area contributed by atoms with Crippen LogP contribution < -0.4 is 0 Å². The fraction of sp³-hybridized carbons (Fsp3) is 0.0769. The largest absolute Gasteiger partial charge is 0.372 e. The molecule has 0 fully saturated rings. The summed E-state index contributed by atoms with van der Waals surface area (Å²) in [5.41, 5.74) is 3.03. The van der Waals surface area contributed by atoms with Gasteiger partial charge in [0.1, 0.15) is 0 Å². The van der Waals surface area contributed by atoms with Crippen LogP contribution in [0.3, 0.4) is 0 Å². The number of hydrogen-bond donors (Lipinski definition) is 0. The lowest BCUT2D eigenvalue weighted by atomic mass is 10.0. The van der Waals surface area contributed by atoms with Gasteiger partial charge in [0, 0.05) is 33.3 Å². The van der Waals surface area contributed by atoms with E-state index < -0.39 is 9.85 Å². The molecule has 7 nitrogen and oxygen atoms in total. The van der Waals surface area contributed by atoms with Crippen LogP contribution in [-0.2, 0) is 18.0 Å². The van der Waals surface area contributed by atoms with E-state index in [1.807, 2.05) is 0 Å². The molecule has 4 aromatic carbocycles. The Labute approximate surface area is 210 Å². The van der Waals surface area contributed by atoms with E-state index in [0.717, 1.165) is 0 Å². The molecule has 0 aromatic heterocycles. The van der Waals surface area contributed by atoms with Gasteiger partial charge in [0.05, 0.1) is 34.2 Å². The third kappa shape index (κ3) is 5.49. The fourth-order valence-electron chi connectivity index (χ4n) is 3.71. The van der Waals surface area contributed by atoms with E-state index in [1.54, 1.807) is 72.8 Å². The molecule has 0 amide bonds. The van der Waals surface area contributed by atoms with Crippen molar-refractivity contribution in [3.05, 3.63) is 126 Å². The van der Waals surface area contributed by atoms with Crippen molar-refractivity contribution < 1.29 is 14.6 Å². The maximum atomic E-state index is 11.7. The summed E-state index contributed by atoms with van der Waals surface area (Å²) >= 11 is 12.4. The van der Waals surface area contributed by atoms with Crippen LogP contribution in [0.15, 0.2) is 84.9 Å².